The van der Waals surface area contributed by atoms with Crippen LogP contribution < -0.4 is 10.6 Å². The second-order valence-electron chi connectivity index (χ2n) is 8.46. The highest BCUT2D eigenvalue weighted by atomic mass is 16.6. The topological polar surface area (TPSA) is 87.7 Å². The molecular formula is C25H35N3O4. The molecule has 0 bridgehead atoms. The minimum atomic E-state index is -0.916. The van der Waals surface area contributed by atoms with Crippen LogP contribution in [0.3, 0.4) is 0 Å². The van der Waals surface area contributed by atoms with E-state index in [1.807, 2.05) is 6.92 Å². The van der Waals surface area contributed by atoms with E-state index in [-0.39, 0.29) is 12.5 Å². The Kier molecular flexibility index (Phi) is 10.5. The molecule has 3 amide bonds. The zero-order valence-corrected chi connectivity index (χ0v) is 19.7. The number of benzene rings is 1. The molecule has 0 fully saturated rings. The largest absolute Gasteiger partial charge is 0.444 e. The highest BCUT2D eigenvalue weighted by molar-refractivity contribution is 5.92. The third kappa shape index (κ3) is 8.46. The quantitative estimate of drug-likeness (QED) is 0.330. The van der Waals surface area contributed by atoms with Crippen LogP contribution in [-0.4, -0.2) is 47.5 Å². The number of unbranched alkanes of at least 4 members (excludes halogenated alkanes) is 1. The Morgan fingerprint density at radius 1 is 1.25 bits per heavy atom. The third-order valence-corrected chi connectivity index (χ3v) is 4.50. The van der Waals surface area contributed by atoms with Crippen molar-refractivity contribution in [2.45, 2.75) is 65.1 Å². The summed E-state index contributed by atoms with van der Waals surface area (Å²) in [6.07, 6.45) is 8.02. The average molecular weight is 442 g/mol. The van der Waals surface area contributed by atoms with Crippen molar-refractivity contribution in [3.8, 4) is 12.3 Å². The van der Waals surface area contributed by atoms with Crippen molar-refractivity contribution in [3.63, 3.8) is 0 Å². The molecule has 0 aromatic heterocycles. The number of ether oxygens (including phenoxy) is 1. The zero-order valence-electron chi connectivity index (χ0n) is 19.7. The van der Waals surface area contributed by atoms with E-state index in [2.05, 4.69) is 23.1 Å². The summed E-state index contributed by atoms with van der Waals surface area (Å²) in [7, 11) is 0. The lowest BCUT2D eigenvalue weighted by molar-refractivity contribution is -0.141. The van der Waals surface area contributed by atoms with Gasteiger partial charge in [-0.15, -0.1) is 13.0 Å². The number of nitrogens with zero attached hydrogens (tertiary/aromatic N) is 1. The maximum atomic E-state index is 13.3. The molecule has 1 aromatic carbocycles. The Morgan fingerprint density at radius 2 is 1.88 bits per heavy atom. The SMILES string of the molecule is C#Cc1ccc(C(C(=O)NCCCC)N(CC=C)C(=O)C(C)NC(=O)OC(C)(C)C)cc1. The minimum absolute atomic E-state index is 0.113. The third-order valence-electron chi connectivity index (χ3n) is 4.50. The number of terminal acetylenes is 1. The Morgan fingerprint density at radius 3 is 2.38 bits per heavy atom. The van der Waals surface area contributed by atoms with Gasteiger partial charge in [-0.05, 0) is 51.8 Å². The van der Waals surface area contributed by atoms with Crippen molar-refractivity contribution < 1.29 is 19.1 Å². The van der Waals surface area contributed by atoms with Crippen molar-refractivity contribution in [2.75, 3.05) is 13.1 Å². The van der Waals surface area contributed by atoms with Crippen LogP contribution in [0.2, 0.25) is 0 Å². The van der Waals surface area contributed by atoms with E-state index in [0.717, 1.165) is 12.8 Å². The molecule has 1 rings (SSSR count). The summed E-state index contributed by atoms with van der Waals surface area (Å²) in [4.78, 5) is 40.0. The van der Waals surface area contributed by atoms with Gasteiger partial charge < -0.3 is 20.3 Å². The zero-order chi connectivity index (χ0) is 24.3. The van der Waals surface area contributed by atoms with Gasteiger partial charge in [0, 0.05) is 18.7 Å². The molecule has 0 spiro atoms. The van der Waals surface area contributed by atoms with Crippen molar-refractivity contribution in [1.82, 2.24) is 15.5 Å². The average Bonchev–Trinajstić information content (AvgIpc) is 2.72. The maximum Gasteiger partial charge on any atom is 0.408 e. The highest BCUT2D eigenvalue weighted by Gasteiger charge is 2.34. The number of hydrogen-bond acceptors (Lipinski definition) is 4. The van der Waals surface area contributed by atoms with Crippen LogP contribution in [0.25, 0.3) is 0 Å². The van der Waals surface area contributed by atoms with Crippen molar-refractivity contribution in [2.24, 2.45) is 0 Å². The fourth-order valence-corrected chi connectivity index (χ4v) is 2.98. The standard InChI is InChI=1S/C25H35N3O4/c1-8-11-16-26-22(29)21(20-14-12-19(10-3)13-15-20)28(17-9-2)23(30)18(4)27-24(31)32-25(5,6)7/h3,9,12-15,18,21H,2,8,11,16-17H2,1,4-7H3,(H,26,29)(H,27,31). The highest BCUT2D eigenvalue weighted by Crippen LogP contribution is 2.23. The molecule has 1 aromatic rings. The van der Waals surface area contributed by atoms with E-state index in [9.17, 15) is 14.4 Å². The molecule has 0 saturated heterocycles. The summed E-state index contributed by atoms with van der Waals surface area (Å²) in [6.45, 7) is 13.1. The fraction of sp³-hybridized carbons (Fsp3) is 0.480. The van der Waals surface area contributed by atoms with Crippen molar-refractivity contribution in [1.29, 1.82) is 0 Å². The molecule has 2 N–H and O–H groups in total. The number of alkyl carbamates (subject to hydrolysis) is 1. The Balaban J connectivity index is 3.22. The number of hydrogen-bond donors (Lipinski definition) is 2. The van der Waals surface area contributed by atoms with Crippen LogP contribution in [0.15, 0.2) is 36.9 Å². The molecule has 0 radical (unpaired) electrons. The summed E-state index contributed by atoms with van der Waals surface area (Å²) in [5.41, 5.74) is 0.576. The fourth-order valence-electron chi connectivity index (χ4n) is 2.98. The summed E-state index contributed by atoms with van der Waals surface area (Å²) in [5, 5.41) is 5.44. The number of carbonyl (C=O) groups is 3. The first-order chi connectivity index (χ1) is 15.0. The Bertz CT molecular complexity index is 834. The second-order valence-corrected chi connectivity index (χ2v) is 8.46. The first kappa shape index (κ1) is 26.8. The summed E-state index contributed by atoms with van der Waals surface area (Å²) in [6, 6.07) is 5.08. The van der Waals surface area contributed by atoms with Gasteiger partial charge in [-0.2, -0.15) is 0 Å². The molecule has 32 heavy (non-hydrogen) atoms. The summed E-state index contributed by atoms with van der Waals surface area (Å²) < 4.78 is 5.24. The summed E-state index contributed by atoms with van der Waals surface area (Å²) >= 11 is 0. The monoisotopic (exact) mass is 441 g/mol. The van der Waals surface area contributed by atoms with Gasteiger partial charge in [0.15, 0.2) is 0 Å². The van der Waals surface area contributed by atoms with E-state index >= 15 is 0 Å². The van der Waals surface area contributed by atoms with E-state index in [1.165, 1.54) is 4.90 Å². The molecule has 0 aliphatic rings. The van der Waals surface area contributed by atoms with Crippen LogP contribution >= 0.6 is 0 Å². The van der Waals surface area contributed by atoms with E-state index < -0.39 is 29.7 Å². The number of rotatable bonds is 10. The molecule has 2 unspecified atom stereocenters. The molecular weight excluding hydrogens is 406 g/mol. The van der Waals surface area contributed by atoms with Crippen LogP contribution in [0.1, 0.15) is 64.6 Å². The molecule has 0 aliphatic heterocycles. The van der Waals surface area contributed by atoms with E-state index in [0.29, 0.717) is 17.7 Å². The van der Waals surface area contributed by atoms with Crippen LogP contribution in [-0.2, 0) is 14.3 Å². The van der Waals surface area contributed by atoms with Crippen molar-refractivity contribution >= 4 is 17.9 Å². The predicted octanol–water partition coefficient (Wildman–Crippen LogP) is 3.55. The molecule has 0 heterocycles. The van der Waals surface area contributed by atoms with Gasteiger partial charge in [0.05, 0.1) is 0 Å². The van der Waals surface area contributed by atoms with Gasteiger partial charge in [-0.1, -0.05) is 37.5 Å². The number of carbonyl (C=O) groups excluding carboxylic acids is 3. The maximum absolute atomic E-state index is 13.3. The van der Waals surface area contributed by atoms with Gasteiger partial charge in [0.25, 0.3) is 0 Å². The first-order valence-corrected chi connectivity index (χ1v) is 10.8. The first-order valence-electron chi connectivity index (χ1n) is 10.8. The van der Waals surface area contributed by atoms with Gasteiger partial charge in [0.2, 0.25) is 11.8 Å². The minimum Gasteiger partial charge on any atom is -0.444 e. The lowest BCUT2D eigenvalue weighted by atomic mass is 10.0. The molecule has 7 heteroatoms. The van der Waals surface area contributed by atoms with Crippen LogP contribution in [0.4, 0.5) is 4.79 Å². The van der Waals surface area contributed by atoms with Crippen LogP contribution in [0.5, 0.6) is 0 Å². The van der Waals surface area contributed by atoms with Crippen molar-refractivity contribution in [3.05, 3.63) is 48.0 Å². The summed E-state index contributed by atoms with van der Waals surface area (Å²) in [5.74, 6) is 1.79. The molecule has 174 valence electrons. The van der Waals surface area contributed by atoms with Gasteiger partial charge in [-0.25, -0.2) is 4.79 Å². The smallest absolute Gasteiger partial charge is 0.408 e. The molecule has 7 nitrogen and oxygen atoms in total. The second kappa shape index (κ2) is 12.6. The Labute approximate surface area is 191 Å². The molecule has 0 aliphatic carbocycles. The van der Waals surface area contributed by atoms with Gasteiger partial charge in [0.1, 0.15) is 17.7 Å². The van der Waals surface area contributed by atoms with Gasteiger partial charge in [-0.3, -0.25) is 9.59 Å². The molecule has 2 atom stereocenters. The van der Waals surface area contributed by atoms with E-state index in [4.69, 9.17) is 11.2 Å². The van der Waals surface area contributed by atoms with E-state index in [1.54, 1.807) is 58.0 Å². The predicted molar refractivity (Wildman–Crippen MR) is 126 cm³/mol. The van der Waals surface area contributed by atoms with Crippen LogP contribution in [0, 0.1) is 12.3 Å². The lowest BCUT2D eigenvalue weighted by Crippen LogP contribution is -2.52. The number of amides is 3. The Hall–Kier alpha value is -3.27. The number of nitrogens with one attached hydrogen (secondary N) is 2. The normalized spacial score (nSPS) is 12.6. The van der Waals surface area contributed by atoms with Gasteiger partial charge >= 0.3 is 6.09 Å². The lowest BCUT2D eigenvalue weighted by Gasteiger charge is -2.33. The molecule has 0 saturated carbocycles.